The summed E-state index contributed by atoms with van der Waals surface area (Å²) in [5.41, 5.74) is 1.20. The highest BCUT2D eigenvalue weighted by Crippen LogP contribution is 2.49. The lowest BCUT2D eigenvalue weighted by molar-refractivity contribution is 0.0605. The van der Waals surface area contributed by atoms with Gasteiger partial charge in [0.25, 0.3) is 0 Å². The van der Waals surface area contributed by atoms with Crippen molar-refractivity contribution in [3.63, 3.8) is 0 Å². The molecule has 2 saturated heterocycles. The average Bonchev–Trinajstić information content (AvgIpc) is 3.09. The van der Waals surface area contributed by atoms with Crippen molar-refractivity contribution in [1.82, 2.24) is 24.0 Å². The maximum atomic E-state index is 11.9. The second-order valence-electron chi connectivity index (χ2n) is 7.40. The largest absolute Gasteiger partial charge is 0.320 e. The van der Waals surface area contributed by atoms with Gasteiger partial charge < -0.3 is 4.57 Å². The topological polar surface area (TPSA) is 71.3 Å². The number of hydrogen-bond donors (Lipinski definition) is 0. The van der Waals surface area contributed by atoms with Gasteiger partial charge in [0.15, 0.2) is 0 Å². The monoisotopic (exact) mass is 361 g/mol. The molecule has 3 heterocycles. The van der Waals surface area contributed by atoms with Crippen LogP contribution in [0.25, 0.3) is 0 Å². The first-order valence-electron chi connectivity index (χ1n) is 8.43. The lowest BCUT2D eigenvalue weighted by atomic mass is 9.72. The van der Waals surface area contributed by atoms with E-state index < -0.39 is 10.0 Å². The molecule has 2 fully saturated rings. The summed E-state index contributed by atoms with van der Waals surface area (Å²) in [5, 5.41) is 8.35. The minimum Gasteiger partial charge on any atom is -0.320 e. The van der Waals surface area contributed by atoms with Crippen molar-refractivity contribution in [1.29, 1.82) is 0 Å². The molecule has 134 valence electrons. The molecule has 4 rings (SSSR count). The Labute approximate surface area is 148 Å². The zero-order valence-corrected chi connectivity index (χ0v) is 15.4. The number of likely N-dealkylation sites (tertiary alicyclic amines) is 1. The molecule has 0 amide bonds. The van der Waals surface area contributed by atoms with E-state index in [1.54, 1.807) is 10.6 Å². The summed E-state index contributed by atoms with van der Waals surface area (Å²) >= 11 is 0. The normalized spacial score (nSPS) is 23.8. The molecular weight excluding hydrogens is 338 g/mol. The van der Waals surface area contributed by atoms with Gasteiger partial charge in [-0.3, -0.25) is 4.90 Å². The summed E-state index contributed by atoms with van der Waals surface area (Å²) in [5.74, 6) is 1.14. The van der Waals surface area contributed by atoms with Crippen LogP contribution in [0.3, 0.4) is 0 Å². The Balaban J connectivity index is 1.59. The van der Waals surface area contributed by atoms with Gasteiger partial charge in [-0.25, -0.2) is 12.7 Å². The van der Waals surface area contributed by atoms with Crippen LogP contribution in [0.4, 0.5) is 0 Å². The van der Waals surface area contributed by atoms with E-state index in [2.05, 4.69) is 39.4 Å². The van der Waals surface area contributed by atoms with Crippen LogP contribution in [-0.2, 0) is 23.6 Å². The Morgan fingerprint density at radius 1 is 1.20 bits per heavy atom. The minimum absolute atomic E-state index is 0.0708. The lowest BCUT2D eigenvalue weighted by Gasteiger charge is -2.49. The van der Waals surface area contributed by atoms with E-state index in [1.165, 1.54) is 11.8 Å². The van der Waals surface area contributed by atoms with Crippen LogP contribution in [0.2, 0.25) is 0 Å². The van der Waals surface area contributed by atoms with E-state index in [1.807, 2.05) is 17.7 Å². The van der Waals surface area contributed by atoms with Gasteiger partial charge in [-0.15, -0.1) is 10.2 Å². The Bertz CT molecular complexity index is 858. The second-order valence-corrected chi connectivity index (χ2v) is 9.38. The predicted molar refractivity (Wildman–Crippen MR) is 94.3 cm³/mol. The third-order valence-corrected chi connectivity index (χ3v) is 6.67. The number of benzene rings is 1. The Morgan fingerprint density at radius 3 is 2.52 bits per heavy atom. The highest BCUT2D eigenvalue weighted by Gasteiger charge is 2.57. The van der Waals surface area contributed by atoms with E-state index >= 15 is 0 Å². The highest BCUT2D eigenvalue weighted by atomic mass is 32.2. The molecule has 2 aliphatic heterocycles. The lowest BCUT2D eigenvalue weighted by Crippen LogP contribution is -2.61. The van der Waals surface area contributed by atoms with Crippen molar-refractivity contribution in [3.05, 3.63) is 48.0 Å². The van der Waals surface area contributed by atoms with Gasteiger partial charge in [-0.2, -0.15) is 0 Å². The van der Waals surface area contributed by atoms with E-state index in [-0.39, 0.29) is 11.3 Å². The Hall–Kier alpha value is -1.77. The molecule has 25 heavy (non-hydrogen) atoms. The molecule has 2 aliphatic rings. The van der Waals surface area contributed by atoms with Gasteiger partial charge in [-0.1, -0.05) is 30.3 Å². The zero-order chi connectivity index (χ0) is 17.7. The number of sulfonamides is 1. The Kier molecular flexibility index (Phi) is 3.93. The van der Waals surface area contributed by atoms with E-state index in [0.717, 1.165) is 25.5 Å². The molecule has 1 aromatic carbocycles. The standard InChI is InChI=1S/C17H23N5O2S/c1-20-13-18-19-16(20)15-9-21(8-14-6-4-3-5-7-14)10-17(15)11-22(12-17)25(2,23)24/h3-7,13,15H,8-12H2,1-2H3. The smallest absolute Gasteiger partial charge is 0.211 e. The van der Waals surface area contributed by atoms with Crippen molar-refractivity contribution in [2.24, 2.45) is 12.5 Å². The molecule has 1 aromatic heterocycles. The second kappa shape index (κ2) is 5.89. The molecule has 8 heteroatoms. The number of aromatic nitrogens is 3. The van der Waals surface area contributed by atoms with Crippen LogP contribution >= 0.6 is 0 Å². The van der Waals surface area contributed by atoms with Gasteiger partial charge in [-0.05, 0) is 5.56 Å². The summed E-state index contributed by atoms with van der Waals surface area (Å²) in [6.45, 7) is 3.75. The summed E-state index contributed by atoms with van der Waals surface area (Å²) in [7, 11) is -1.18. The van der Waals surface area contributed by atoms with Gasteiger partial charge in [0.2, 0.25) is 10.0 Å². The summed E-state index contributed by atoms with van der Waals surface area (Å²) in [4.78, 5) is 2.41. The van der Waals surface area contributed by atoms with Crippen molar-refractivity contribution < 1.29 is 8.42 Å². The first-order valence-corrected chi connectivity index (χ1v) is 10.3. The van der Waals surface area contributed by atoms with Crippen LogP contribution < -0.4 is 0 Å². The molecule has 0 radical (unpaired) electrons. The average molecular weight is 361 g/mol. The number of rotatable bonds is 4. The molecule has 1 atom stereocenters. The fourth-order valence-electron chi connectivity index (χ4n) is 4.21. The van der Waals surface area contributed by atoms with Crippen molar-refractivity contribution in [2.75, 3.05) is 32.4 Å². The van der Waals surface area contributed by atoms with Crippen LogP contribution in [0.1, 0.15) is 17.3 Å². The first kappa shape index (κ1) is 16.7. The molecule has 0 bridgehead atoms. The van der Waals surface area contributed by atoms with Crippen LogP contribution in [-0.4, -0.2) is 64.8 Å². The quantitative estimate of drug-likeness (QED) is 0.801. The molecule has 0 saturated carbocycles. The van der Waals surface area contributed by atoms with E-state index in [0.29, 0.717) is 13.1 Å². The third kappa shape index (κ3) is 2.98. The summed E-state index contributed by atoms with van der Waals surface area (Å²) < 4.78 is 27.3. The van der Waals surface area contributed by atoms with Crippen molar-refractivity contribution >= 4 is 10.0 Å². The SMILES string of the molecule is Cn1cnnc1C1CN(Cc2ccccc2)CC12CN(S(C)(=O)=O)C2. The molecule has 0 aliphatic carbocycles. The maximum Gasteiger partial charge on any atom is 0.211 e. The Morgan fingerprint density at radius 2 is 1.92 bits per heavy atom. The number of aryl methyl sites for hydroxylation is 1. The maximum absolute atomic E-state index is 11.9. The van der Waals surface area contributed by atoms with Crippen LogP contribution in [0.15, 0.2) is 36.7 Å². The van der Waals surface area contributed by atoms with Crippen molar-refractivity contribution in [3.8, 4) is 0 Å². The van der Waals surface area contributed by atoms with Crippen LogP contribution in [0, 0.1) is 5.41 Å². The molecule has 2 aromatic rings. The van der Waals surface area contributed by atoms with Gasteiger partial charge in [0.1, 0.15) is 12.2 Å². The molecule has 1 unspecified atom stereocenters. The molecular formula is C17H23N5O2S. The zero-order valence-electron chi connectivity index (χ0n) is 14.5. The fraction of sp³-hybridized carbons (Fsp3) is 0.529. The summed E-state index contributed by atoms with van der Waals surface area (Å²) in [6.07, 6.45) is 3.00. The van der Waals surface area contributed by atoms with E-state index in [4.69, 9.17) is 0 Å². The molecule has 0 N–H and O–H groups in total. The van der Waals surface area contributed by atoms with Gasteiger partial charge in [0, 0.05) is 51.1 Å². The predicted octanol–water partition coefficient (Wildman–Crippen LogP) is 0.676. The fourth-order valence-corrected chi connectivity index (χ4v) is 5.19. The highest BCUT2D eigenvalue weighted by molar-refractivity contribution is 7.88. The van der Waals surface area contributed by atoms with Crippen LogP contribution in [0.5, 0.6) is 0 Å². The molecule has 7 nitrogen and oxygen atoms in total. The van der Waals surface area contributed by atoms with Gasteiger partial charge in [0.05, 0.1) is 6.26 Å². The molecule has 1 spiro atoms. The number of hydrogen-bond acceptors (Lipinski definition) is 5. The van der Waals surface area contributed by atoms with E-state index in [9.17, 15) is 8.42 Å². The van der Waals surface area contributed by atoms with Crippen molar-refractivity contribution in [2.45, 2.75) is 12.5 Å². The third-order valence-electron chi connectivity index (χ3n) is 5.48. The number of nitrogens with zero attached hydrogens (tertiary/aromatic N) is 5. The van der Waals surface area contributed by atoms with Gasteiger partial charge >= 0.3 is 0 Å². The first-order chi connectivity index (χ1) is 11.9. The summed E-state index contributed by atoms with van der Waals surface area (Å²) in [6, 6.07) is 10.4. The minimum atomic E-state index is -3.14.